The van der Waals surface area contributed by atoms with Crippen molar-refractivity contribution in [3.05, 3.63) is 70.4 Å². The van der Waals surface area contributed by atoms with Gasteiger partial charge in [-0.15, -0.1) is 0 Å². The van der Waals surface area contributed by atoms with Crippen molar-refractivity contribution in [1.29, 1.82) is 0 Å². The molecule has 0 saturated heterocycles. The van der Waals surface area contributed by atoms with Crippen molar-refractivity contribution in [3.8, 4) is 0 Å². The van der Waals surface area contributed by atoms with E-state index < -0.39 is 34.7 Å². The standard InChI is InChI=1S/C20H16F6N4O/c1-11-16(4-6-29-18(11)31)30(27-2)15-3-5-28-17(10-15)19(22,23)12-7-13(20(24,25)26)9-14(21)8-12/h3,5,7-10H,2,4,6H2,1H3,(H,29,31). The van der Waals surface area contributed by atoms with Gasteiger partial charge in [-0.1, -0.05) is 0 Å². The molecular formula is C20H16F6N4O. The van der Waals surface area contributed by atoms with Gasteiger partial charge in [-0.05, 0) is 37.3 Å². The Hall–Kier alpha value is -3.37. The number of alkyl halides is 5. The van der Waals surface area contributed by atoms with E-state index in [1.807, 2.05) is 0 Å². The fourth-order valence-corrected chi connectivity index (χ4v) is 3.14. The Bertz CT molecular complexity index is 1060. The van der Waals surface area contributed by atoms with Crippen molar-refractivity contribution in [3.63, 3.8) is 0 Å². The number of nitrogens with one attached hydrogen (secondary N) is 1. The molecule has 5 nitrogen and oxygen atoms in total. The molecule has 3 rings (SSSR count). The van der Waals surface area contributed by atoms with Crippen LogP contribution in [0.25, 0.3) is 0 Å². The van der Waals surface area contributed by atoms with E-state index in [2.05, 4.69) is 22.1 Å². The summed E-state index contributed by atoms with van der Waals surface area (Å²) in [6.45, 7) is 5.23. The molecule has 1 aliphatic heterocycles. The summed E-state index contributed by atoms with van der Waals surface area (Å²) < 4.78 is 82.5. The highest BCUT2D eigenvalue weighted by Crippen LogP contribution is 2.40. The molecule has 0 atom stereocenters. The minimum atomic E-state index is -5.00. The third-order valence-electron chi connectivity index (χ3n) is 4.72. The van der Waals surface area contributed by atoms with Crippen LogP contribution in [0.5, 0.6) is 0 Å². The van der Waals surface area contributed by atoms with Crippen molar-refractivity contribution in [1.82, 2.24) is 10.3 Å². The lowest BCUT2D eigenvalue weighted by Crippen LogP contribution is -2.35. The summed E-state index contributed by atoms with van der Waals surface area (Å²) in [6, 6.07) is 2.87. The van der Waals surface area contributed by atoms with Crippen LogP contribution in [0.2, 0.25) is 0 Å². The maximum atomic E-state index is 15.0. The number of hydrazone groups is 1. The summed E-state index contributed by atoms with van der Waals surface area (Å²) in [4.78, 5) is 15.5. The summed E-state index contributed by atoms with van der Waals surface area (Å²) in [5.74, 6) is -5.85. The van der Waals surface area contributed by atoms with Gasteiger partial charge in [0, 0.05) is 37.0 Å². The Morgan fingerprint density at radius 1 is 1.13 bits per heavy atom. The minimum absolute atomic E-state index is 0.0659. The predicted molar refractivity (Wildman–Crippen MR) is 101 cm³/mol. The molecule has 1 N–H and O–H groups in total. The zero-order valence-corrected chi connectivity index (χ0v) is 16.1. The molecule has 1 aromatic heterocycles. The number of halogens is 6. The summed E-state index contributed by atoms with van der Waals surface area (Å²) in [7, 11) is 0. The van der Waals surface area contributed by atoms with Crippen LogP contribution in [0.4, 0.5) is 32.0 Å². The van der Waals surface area contributed by atoms with Crippen LogP contribution in [-0.4, -0.2) is 24.2 Å². The van der Waals surface area contributed by atoms with E-state index in [1.54, 1.807) is 0 Å². The molecule has 1 aromatic carbocycles. The minimum Gasteiger partial charge on any atom is -0.352 e. The number of nitrogens with zero attached hydrogens (tertiary/aromatic N) is 3. The van der Waals surface area contributed by atoms with Gasteiger partial charge in [0.05, 0.1) is 16.9 Å². The van der Waals surface area contributed by atoms with Crippen LogP contribution in [-0.2, 0) is 16.9 Å². The Kier molecular flexibility index (Phi) is 5.79. The predicted octanol–water partition coefficient (Wildman–Crippen LogP) is 4.60. The Balaban J connectivity index is 2.06. The Morgan fingerprint density at radius 3 is 2.45 bits per heavy atom. The Labute approximate surface area is 173 Å². The van der Waals surface area contributed by atoms with E-state index in [1.165, 1.54) is 18.0 Å². The average Bonchev–Trinajstić information content (AvgIpc) is 2.71. The highest BCUT2D eigenvalue weighted by Gasteiger charge is 2.40. The first-order valence-corrected chi connectivity index (χ1v) is 8.92. The number of pyridine rings is 1. The number of hydrogen-bond acceptors (Lipinski definition) is 4. The van der Waals surface area contributed by atoms with E-state index in [0.717, 1.165) is 12.3 Å². The van der Waals surface area contributed by atoms with Gasteiger partial charge in [0.2, 0.25) is 5.91 Å². The third-order valence-corrected chi connectivity index (χ3v) is 4.72. The first-order valence-electron chi connectivity index (χ1n) is 8.92. The van der Waals surface area contributed by atoms with Gasteiger partial charge in [0.15, 0.2) is 0 Å². The van der Waals surface area contributed by atoms with Crippen LogP contribution in [0.1, 0.15) is 30.2 Å². The topological polar surface area (TPSA) is 57.6 Å². The van der Waals surface area contributed by atoms with Crippen LogP contribution >= 0.6 is 0 Å². The molecule has 2 heterocycles. The highest BCUT2D eigenvalue weighted by atomic mass is 19.4. The van der Waals surface area contributed by atoms with Gasteiger partial charge in [0.1, 0.15) is 11.5 Å². The van der Waals surface area contributed by atoms with Gasteiger partial charge in [-0.3, -0.25) is 9.78 Å². The van der Waals surface area contributed by atoms with E-state index in [9.17, 15) is 22.4 Å². The lowest BCUT2D eigenvalue weighted by molar-refractivity contribution is -0.138. The maximum absolute atomic E-state index is 15.0. The van der Waals surface area contributed by atoms with Crippen LogP contribution in [0.15, 0.2) is 52.9 Å². The van der Waals surface area contributed by atoms with E-state index in [0.29, 0.717) is 30.3 Å². The quantitative estimate of drug-likeness (QED) is 0.419. The van der Waals surface area contributed by atoms with Crippen LogP contribution in [0.3, 0.4) is 0 Å². The number of amides is 1. The molecule has 0 fully saturated rings. The molecule has 1 amide bonds. The molecule has 164 valence electrons. The molecule has 0 radical (unpaired) electrons. The molecule has 0 spiro atoms. The fourth-order valence-electron chi connectivity index (χ4n) is 3.14. The van der Waals surface area contributed by atoms with Crippen LogP contribution in [0, 0.1) is 5.82 Å². The van der Waals surface area contributed by atoms with Gasteiger partial charge in [-0.25, -0.2) is 9.40 Å². The van der Waals surface area contributed by atoms with Crippen molar-refractivity contribution >= 4 is 18.3 Å². The summed E-state index contributed by atoms with van der Waals surface area (Å²) >= 11 is 0. The molecule has 2 aromatic rings. The largest absolute Gasteiger partial charge is 0.416 e. The van der Waals surface area contributed by atoms with Crippen molar-refractivity contribution in [2.24, 2.45) is 5.10 Å². The normalized spacial score (nSPS) is 15.0. The van der Waals surface area contributed by atoms with Crippen molar-refractivity contribution < 1.29 is 31.1 Å². The van der Waals surface area contributed by atoms with E-state index in [-0.39, 0.29) is 23.7 Å². The number of hydrogen-bond donors (Lipinski definition) is 1. The molecule has 11 heteroatoms. The van der Waals surface area contributed by atoms with E-state index >= 15 is 8.78 Å². The zero-order chi connectivity index (χ0) is 23.0. The van der Waals surface area contributed by atoms with Gasteiger partial charge < -0.3 is 5.32 Å². The fraction of sp³-hybridized carbons (Fsp3) is 0.250. The highest BCUT2D eigenvalue weighted by molar-refractivity contribution is 5.95. The first kappa shape index (κ1) is 22.3. The number of benzene rings is 1. The number of carbonyl (C=O) groups is 1. The monoisotopic (exact) mass is 442 g/mol. The smallest absolute Gasteiger partial charge is 0.352 e. The molecule has 1 aliphatic rings. The summed E-state index contributed by atoms with van der Waals surface area (Å²) in [5, 5.41) is 7.60. The van der Waals surface area contributed by atoms with Crippen molar-refractivity contribution in [2.75, 3.05) is 11.6 Å². The number of rotatable bonds is 5. The van der Waals surface area contributed by atoms with Crippen LogP contribution < -0.4 is 10.3 Å². The molecule has 0 saturated carbocycles. The lowest BCUT2D eigenvalue weighted by atomic mass is 10.0. The molecular weight excluding hydrogens is 426 g/mol. The van der Waals surface area contributed by atoms with E-state index in [4.69, 9.17) is 0 Å². The molecule has 0 unspecified atom stereocenters. The van der Waals surface area contributed by atoms with Gasteiger partial charge in [0.25, 0.3) is 0 Å². The second-order valence-corrected chi connectivity index (χ2v) is 6.73. The molecule has 31 heavy (non-hydrogen) atoms. The number of aromatic nitrogens is 1. The lowest BCUT2D eigenvalue weighted by Gasteiger charge is -2.27. The summed E-state index contributed by atoms with van der Waals surface area (Å²) in [6.07, 6.45) is -3.64. The zero-order valence-electron chi connectivity index (χ0n) is 16.1. The summed E-state index contributed by atoms with van der Waals surface area (Å²) in [5.41, 5.74) is -2.86. The average molecular weight is 442 g/mol. The second-order valence-electron chi connectivity index (χ2n) is 6.73. The maximum Gasteiger partial charge on any atom is 0.416 e. The SMILES string of the molecule is C=NN(C1=C(C)C(=O)NCC1)c1ccnc(C(F)(F)c2cc(F)cc(C(F)(F)F)c2)c1. The molecule has 0 aliphatic carbocycles. The molecule has 0 bridgehead atoms. The van der Waals surface area contributed by atoms with Crippen molar-refractivity contribution in [2.45, 2.75) is 25.4 Å². The third kappa shape index (κ3) is 4.39. The first-order chi connectivity index (χ1) is 14.4. The Morgan fingerprint density at radius 2 is 1.81 bits per heavy atom. The number of anilines is 1. The van der Waals surface area contributed by atoms with Gasteiger partial charge >= 0.3 is 12.1 Å². The van der Waals surface area contributed by atoms with Gasteiger partial charge in [-0.2, -0.15) is 27.1 Å². The second kappa shape index (κ2) is 8.05. The number of carbonyl (C=O) groups excluding carboxylic acids is 1.